The summed E-state index contributed by atoms with van der Waals surface area (Å²) in [7, 11) is 0. The van der Waals surface area contributed by atoms with Gasteiger partial charge in [0.15, 0.2) is 0 Å². The van der Waals surface area contributed by atoms with Crippen LogP contribution in [-0.2, 0) is 4.79 Å². The van der Waals surface area contributed by atoms with E-state index in [1.807, 2.05) is 0 Å². The second-order valence-electron chi connectivity index (χ2n) is 3.56. The molecule has 2 N–H and O–H groups in total. The summed E-state index contributed by atoms with van der Waals surface area (Å²) in [5, 5.41) is 10.8. The molecule has 17 heavy (non-hydrogen) atoms. The molecule has 0 aromatic heterocycles. The number of nitrogens with one attached hydrogen (secondary N) is 1. The maximum Gasteiger partial charge on any atom is 0.390 e. The molecule has 1 aromatic rings. The smallest absolute Gasteiger partial charge is 0.390 e. The molecule has 0 aliphatic carbocycles. The van der Waals surface area contributed by atoms with Crippen LogP contribution in [-0.4, -0.2) is 23.8 Å². The van der Waals surface area contributed by atoms with E-state index >= 15 is 0 Å². The zero-order valence-electron chi connectivity index (χ0n) is 8.87. The number of hydrogen-bond acceptors (Lipinski definition) is 2. The van der Waals surface area contributed by atoms with Crippen molar-refractivity contribution >= 4 is 5.97 Å². The van der Waals surface area contributed by atoms with E-state index < -0.39 is 31.2 Å². The zero-order valence-corrected chi connectivity index (χ0v) is 8.87. The number of carbonyl (C=O) groups is 1. The molecule has 1 rings (SSSR count). The molecular weight excluding hydrogens is 235 g/mol. The van der Waals surface area contributed by atoms with E-state index in [4.69, 9.17) is 5.11 Å². The Balaban J connectivity index is 2.75. The van der Waals surface area contributed by atoms with E-state index in [9.17, 15) is 18.0 Å². The first kappa shape index (κ1) is 13.5. The van der Waals surface area contributed by atoms with Crippen LogP contribution >= 0.6 is 0 Å². The number of rotatable bonds is 5. The molecule has 0 saturated carbocycles. The van der Waals surface area contributed by atoms with Gasteiger partial charge in [0, 0.05) is 6.04 Å². The van der Waals surface area contributed by atoms with Gasteiger partial charge in [0.25, 0.3) is 0 Å². The van der Waals surface area contributed by atoms with Gasteiger partial charge in [0.1, 0.15) is 0 Å². The normalized spacial score (nSPS) is 13.4. The third kappa shape index (κ3) is 5.35. The molecule has 0 aliphatic heterocycles. The minimum absolute atomic E-state index is 0.422. The lowest BCUT2D eigenvalue weighted by atomic mass is 10.0. The van der Waals surface area contributed by atoms with E-state index in [2.05, 4.69) is 5.32 Å². The molecule has 0 amide bonds. The number of alkyl halides is 3. The third-order valence-corrected chi connectivity index (χ3v) is 2.14. The van der Waals surface area contributed by atoms with Crippen LogP contribution in [0.25, 0.3) is 0 Å². The van der Waals surface area contributed by atoms with Gasteiger partial charge in [-0.1, -0.05) is 30.3 Å². The number of halogens is 3. The molecule has 0 saturated heterocycles. The Hall–Kier alpha value is -1.56. The van der Waals surface area contributed by atoms with Crippen molar-refractivity contribution in [2.75, 3.05) is 6.54 Å². The van der Waals surface area contributed by atoms with Crippen molar-refractivity contribution in [1.82, 2.24) is 5.32 Å². The van der Waals surface area contributed by atoms with Crippen LogP contribution in [0.3, 0.4) is 0 Å². The average molecular weight is 247 g/mol. The first-order chi connectivity index (χ1) is 7.88. The molecule has 1 atom stereocenters. The third-order valence-electron chi connectivity index (χ3n) is 2.14. The molecule has 0 spiro atoms. The Morgan fingerprint density at radius 2 is 1.88 bits per heavy atom. The highest BCUT2D eigenvalue weighted by molar-refractivity contribution is 5.69. The maximum atomic E-state index is 12.3. The summed E-state index contributed by atoms with van der Waals surface area (Å²) in [6.45, 7) is -0.504. The summed E-state index contributed by atoms with van der Waals surface area (Å²) >= 11 is 0. The highest BCUT2D eigenvalue weighted by Gasteiger charge is 2.32. The number of carboxylic acid groups (broad SMARTS) is 1. The molecule has 0 aliphatic rings. The minimum atomic E-state index is -4.34. The molecule has 6 heteroatoms. The highest BCUT2D eigenvalue weighted by atomic mass is 19.4. The van der Waals surface area contributed by atoms with Gasteiger partial charge >= 0.3 is 12.1 Å². The first-order valence-corrected chi connectivity index (χ1v) is 4.95. The Morgan fingerprint density at radius 1 is 1.29 bits per heavy atom. The van der Waals surface area contributed by atoms with Gasteiger partial charge in [0.2, 0.25) is 0 Å². The summed E-state index contributed by atoms with van der Waals surface area (Å²) < 4.78 is 37.0. The maximum absolute atomic E-state index is 12.3. The van der Waals surface area contributed by atoms with E-state index in [1.165, 1.54) is 12.1 Å². The lowest BCUT2D eigenvalue weighted by molar-refractivity contribution is -0.144. The van der Waals surface area contributed by atoms with Gasteiger partial charge in [-0.25, -0.2) is 0 Å². The van der Waals surface area contributed by atoms with Gasteiger partial charge in [-0.05, 0) is 5.56 Å². The van der Waals surface area contributed by atoms with Crippen molar-refractivity contribution in [1.29, 1.82) is 0 Å². The summed E-state index contributed by atoms with van der Waals surface area (Å²) in [6.07, 6.45) is -5.43. The molecule has 0 fully saturated rings. The standard InChI is InChI=1S/C11H12F3NO2/c12-11(13,14)6-9(15-7-10(16)17)8-4-2-1-3-5-8/h1-5,9,15H,6-7H2,(H,16,17). The van der Waals surface area contributed by atoms with Crippen molar-refractivity contribution in [2.24, 2.45) is 0 Å². The average Bonchev–Trinajstić information content (AvgIpc) is 2.24. The van der Waals surface area contributed by atoms with Gasteiger partial charge in [-0.15, -0.1) is 0 Å². The molecule has 0 heterocycles. The molecule has 3 nitrogen and oxygen atoms in total. The van der Waals surface area contributed by atoms with Gasteiger partial charge in [0.05, 0.1) is 13.0 Å². The zero-order chi connectivity index (χ0) is 12.9. The molecule has 1 aromatic carbocycles. The van der Waals surface area contributed by atoms with E-state index in [0.29, 0.717) is 5.56 Å². The van der Waals surface area contributed by atoms with Crippen molar-refractivity contribution in [3.63, 3.8) is 0 Å². The fraction of sp³-hybridized carbons (Fsp3) is 0.364. The van der Waals surface area contributed by atoms with Gasteiger partial charge in [-0.3, -0.25) is 10.1 Å². The van der Waals surface area contributed by atoms with Crippen LogP contribution in [0.5, 0.6) is 0 Å². The topological polar surface area (TPSA) is 49.3 Å². The fourth-order valence-corrected chi connectivity index (χ4v) is 1.44. The minimum Gasteiger partial charge on any atom is -0.480 e. The monoisotopic (exact) mass is 247 g/mol. The van der Waals surface area contributed by atoms with Crippen molar-refractivity contribution in [3.8, 4) is 0 Å². The number of benzene rings is 1. The largest absolute Gasteiger partial charge is 0.480 e. The molecule has 94 valence electrons. The molecule has 1 unspecified atom stereocenters. The lowest BCUT2D eigenvalue weighted by Crippen LogP contribution is -2.30. The highest BCUT2D eigenvalue weighted by Crippen LogP contribution is 2.29. The molecule has 0 bridgehead atoms. The summed E-state index contributed by atoms with van der Waals surface area (Å²) in [4.78, 5) is 10.4. The molecule has 0 radical (unpaired) electrons. The van der Waals surface area contributed by atoms with Crippen LogP contribution in [0.1, 0.15) is 18.0 Å². The first-order valence-electron chi connectivity index (χ1n) is 4.95. The lowest BCUT2D eigenvalue weighted by Gasteiger charge is -2.19. The number of hydrogen-bond donors (Lipinski definition) is 2. The van der Waals surface area contributed by atoms with Crippen LogP contribution in [0, 0.1) is 0 Å². The van der Waals surface area contributed by atoms with Gasteiger partial charge < -0.3 is 5.11 Å². The van der Waals surface area contributed by atoms with Crippen LogP contribution < -0.4 is 5.32 Å². The Labute approximate surface area is 96.3 Å². The predicted octanol–water partition coefficient (Wildman–Crippen LogP) is 2.35. The summed E-state index contributed by atoms with van der Waals surface area (Å²) in [5.74, 6) is -1.19. The van der Waals surface area contributed by atoms with E-state index in [1.54, 1.807) is 18.2 Å². The van der Waals surface area contributed by atoms with E-state index in [-0.39, 0.29) is 0 Å². The Bertz CT molecular complexity index is 365. The molecular formula is C11H12F3NO2. The van der Waals surface area contributed by atoms with E-state index in [0.717, 1.165) is 0 Å². The SMILES string of the molecule is O=C(O)CNC(CC(F)(F)F)c1ccccc1. The Kier molecular flexibility index (Phi) is 4.51. The second kappa shape index (κ2) is 5.67. The predicted molar refractivity (Wildman–Crippen MR) is 55.5 cm³/mol. The Morgan fingerprint density at radius 3 is 2.35 bits per heavy atom. The fourth-order valence-electron chi connectivity index (χ4n) is 1.44. The van der Waals surface area contributed by atoms with Gasteiger partial charge in [-0.2, -0.15) is 13.2 Å². The van der Waals surface area contributed by atoms with Crippen LogP contribution in [0.2, 0.25) is 0 Å². The summed E-state index contributed by atoms with van der Waals surface area (Å²) in [6, 6.07) is 6.94. The number of carboxylic acids is 1. The second-order valence-corrected chi connectivity index (χ2v) is 3.56. The van der Waals surface area contributed by atoms with Crippen molar-refractivity contribution in [2.45, 2.75) is 18.6 Å². The quantitative estimate of drug-likeness (QED) is 0.839. The van der Waals surface area contributed by atoms with Crippen molar-refractivity contribution < 1.29 is 23.1 Å². The summed E-state index contributed by atoms with van der Waals surface area (Å²) in [5.41, 5.74) is 0.422. The van der Waals surface area contributed by atoms with Crippen molar-refractivity contribution in [3.05, 3.63) is 35.9 Å². The van der Waals surface area contributed by atoms with Crippen LogP contribution in [0.15, 0.2) is 30.3 Å². The number of aliphatic carboxylic acids is 1. The van der Waals surface area contributed by atoms with Crippen LogP contribution in [0.4, 0.5) is 13.2 Å².